The van der Waals surface area contributed by atoms with E-state index in [1.165, 1.54) is 4.80 Å². The molecule has 0 saturated carbocycles. The Kier molecular flexibility index (Phi) is 7.99. The largest absolute Gasteiger partial charge is 0.505 e. The number of benzene rings is 4. The van der Waals surface area contributed by atoms with Gasteiger partial charge in [0.15, 0.2) is 0 Å². The van der Waals surface area contributed by atoms with E-state index in [0.29, 0.717) is 16.7 Å². The van der Waals surface area contributed by atoms with Crippen LogP contribution in [0.4, 0.5) is 0 Å². The number of unbranched alkanes of at least 4 members (excludes halogenated alkanes) is 2. The molecule has 0 saturated heterocycles. The fourth-order valence-corrected chi connectivity index (χ4v) is 6.82. The standard InChI is InChI=1S/C35H39N3O3S/c1-6-7-14-21-34(2,3)26-22-29(35(4,5)25-15-10-8-11-16-25)33(39)32(23-26)38-36-30-20-19-28(24-31(30)37-38)42(40,41)27-17-12-9-13-18-27/h8-13,15-20,22-24,39H,6-7,14,21H2,1-5H3. The number of nitrogens with zero attached hydrogens (tertiary/aromatic N) is 3. The third-order valence-electron chi connectivity index (χ3n) is 8.38. The quantitative estimate of drug-likeness (QED) is 0.168. The second kappa shape index (κ2) is 11.4. The maximum absolute atomic E-state index is 13.3. The van der Waals surface area contributed by atoms with Crippen molar-refractivity contribution in [1.82, 2.24) is 15.0 Å². The van der Waals surface area contributed by atoms with E-state index in [9.17, 15) is 13.5 Å². The van der Waals surface area contributed by atoms with Crippen LogP contribution in [0.3, 0.4) is 0 Å². The van der Waals surface area contributed by atoms with Gasteiger partial charge in [-0.3, -0.25) is 0 Å². The molecular weight excluding hydrogens is 542 g/mol. The first-order chi connectivity index (χ1) is 19.9. The molecule has 7 heteroatoms. The maximum atomic E-state index is 13.3. The molecule has 4 aromatic carbocycles. The Morgan fingerprint density at radius 1 is 0.738 bits per heavy atom. The highest BCUT2D eigenvalue weighted by Crippen LogP contribution is 2.43. The Labute approximate surface area is 249 Å². The van der Waals surface area contributed by atoms with Crippen molar-refractivity contribution in [3.05, 3.63) is 108 Å². The molecule has 6 nitrogen and oxygen atoms in total. The topological polar surface area (TPSA) is 85.1 Å². The van der Waals surface area contributed by atoms with Crippen molar-refractivity contribution in [2.75, 3.05) is 0 Å². The summed E-state index contributed by atoms with van der Waals surface area (Å²) in [5.41, 5.74) is 3.76. The van der Waals surface area contributed by atoms with Gasteiger partial charge in [-0.25, -0.2) is 8.42 Å². The average molecular weight is 582 g/mol. The first-order valence-corrected chi connectivity index (χ1v) is 16.0. The van der Waals surface area contributed by atoms with E-state index < -0.39 is 15.3 Å². The van der Waals surface area contributed by atoms with Crippen LogP contribution in [0.1, 0.15) is 77.0 Å². The third kappa shape index (κ3) is 5.58. The molecule has 0 aliphatic heterocycles. The molecule has 0 spiro atoms. The highest BCUT2D eigenvalue weighted by Gasteiger charge is 2.32. The molecule has 0 fully saturated rings. The van der Waals surface area contributed by atoms with E-state index in [2.05, 4.69) is 63.0 Å². The van der Waals surface area contributed by atoms with E-state index >= 15 is 0 Å². The molecule has 5 aromatic rings. The Balaban J connectivity index is 1.66. The van der Waals surface area contributed by atoms with Crippen molar-refractivity contribution < 1.29 is 13.5 Å². The summed E-state index contributed by atoms with van der Waals surface area (Å²) in [4.78, 5) is 1.81. The molecule has 5 rings (SSSR count). The van der Waals surface area contributed by atoms with Gasteiger partial charge in [-0.1, -0.05) is 108 Å². The molecule has 0 bridgehead atoms. The first kappa shape index (κ1) is 29.5. The molecule has 0 amide bonds. The van der Waals surface area contributed by atoms with Crippen molar-refractivity contribution in [2.45, 2.75) is 80.9 Å². The van der Waals surface area contributed by atoms with Gasteiger partial charge in [0.2, 0.25) is 9.84 Å². The van der Waals surface area contributed by atoms with E-state index in [4.69, 9.17) is 0 Å². The van der Waals surface area contributed by atoms with Crippen LogP contribution in [0.25, 0.3) is 16.7 Å². The van der Waals surface area contributed by atoms with E-state index in [-0.39, 0.29) is 21.0 Å². The van der Waals surface area contributed by atoms with Gasteiger partial charge in [0, 0.05) is 11.0 Å². The molecule has 218 valence electrons. The lowest BCUT2D eigenvalue weighted by atomic mass is 9.73. The molecule has 0 aliphatic rings. The summed E-state index contributed by atoms with van der Waals surface area (Å²) >= 11 is 0. The van der Waals surface area contributed by atoms with Gasteiger partial charge in [-0.15, -0.1) is 15.0 Å². The Hall–Kier alpha value is -3.97. The fourth-order valence-electron chi connectivity index (χ4n) is 5.52. The van der Waals surface area contributed by atoms with Crippen molar-refractivity contribution in [1.29, 1.82) is 0 Å². The van der Waals surface area contributed by atoms with Gasteiger partial charge >= 0.3 is 0 Å². The highest BCUT2D eigenvalue weighted by atomic mass is 32.2. The van der Waals surface area contributed by atoms with Gasteiger partial charge in [-0.2, -0.15) is 0 Å². The summed E-state index contributed by atoms with van der Waals surface area (Å²) in [6.07, 6.45) is 4.43. The van der Waals surface area contributed by atoms with Crippen molar-refractivity contribution in [3.8, 4) is 11.4 Å². The number of rotatable bonds is 10. The molecular formula is C35H39N3O3S. The normalized spacial score (nSPS) is 12.6. The second-order valence-electron chi connectivity index (χ2n) is 12.2. The first-order valence-electron chi connectivity index (χ1n) is 14.6. The number of hydrogen-bond donors (Lipinski definition) is 1. The van der Waals surface area contributed by atoms with Crippen LogP contribution in [0, 0.1) is 0 Å². The van der Waals surface area contributed by atoms with E-state index in [1.807, 2.05) is 24.3 Å². The zero-order valence-corrected chi connectivity index (χ0v) is 25.8. The number of hydrogen-bond acceptors (Lipinski definition) is 5. The van der Waals surface area contributed by atoms with Crippen molar-refractivity contribution in [3.63, 3.8) is 0 Å². The van der Waals surface area contributed by atoms with Crippen LogP contribution in [0.2, 0.25) is 0 Å². The smallest absolute Gasteiger partial charge is 0.206 e. The summed E-state index contributed by atoms with van der Waals surface area (Å²) in [6.45, 7) is 10.9. The lowest BCUT2D eigenvalue weighted by Gasteiger charge is -2.32. The van der Waals surface area contributed by atoms with Crippen molar-refractivity contribution >= 4 is 20.9 Å². The van der Waals surface area contributed by atoms with E-state index in [0.717, 1.165) is 42.4 Å². The monoisotopic (exact) mass is 581 g/mol. The number of aromatic nitrogens is 3. The summed E-state index contributed by atoms with van der Waals surface area (Å²) in [5.74, 6) is 0.106. The molecule has 42 heavy (non-hydrogen) atoms. The number of aromatic hydroxyl groups is 1. The van der Waals surface area contributed by atoms with Crippen LogP contribution >= 0.6 is 0 Å². The number of phenols is 1. The van der Waals surface area contributed by atoms with Gasteiger partial charge in [0.05, 0.1) is 9.79 Å². The molecule has 0 unspecified atom stereocenters. The van der Waals surface area contributed by atoms with Crippen LogP contribution in [0.15, 0.2) is 101 Å². The predicted octanol–water partition coefficient (Wildman–Crippen LogP) is 8.14. The molecule has 1 aromatic heterocycles. The fraction of sp³-hybridized carbons (Fsp3) is 0.314. The lowest BCUT2D eigenvalue weighted by molar-refractivity contribution is 0.433. The van der Waals surface area contributed by atoms with Crippen LogP contribution in [-0.2, 0) is 20.7 Å². The van der Waals surface area contributed by atoms with Gasteiger partial charge in [-0.05, 0) is 59.4 Å². The maximum Gasteiger partial charge on any atom is 0.206 e. The number of sulfone groups is 1. The number of phenolic OH excluding ortho intramolecular Hbond substituents is 1. The number of fused-ring (bicyclic) bond motifs is 1. The lowest BCUT2D eigenvalue weighted by Crippen LogP contribution is -2.23. The summed E-state index contributed by atoms with van der Waals surface area (Å²) in [6, 6.07) is 27.4. The molecule has 1 heterocycles. The second-order valence-corrected chi connectivity index (χ2v) is 14.1. The Bertz CT molecular complexity index is 1810. The zero-order valence-electron chi connectivity index (χ0n) is 25.0. The SMILES string of the molecule is CCCCCC(C)(C)c1cc(-n2nc3ccc(S(=O)(=O)c4ccccc4)cc3n2)c(O)c(C(C)(C)c2ccccc2)c1. The van der Waals surface area contributed by atoms with Crippen molar-refractivity contribution in [2.24, 2.45) is 0 Å². The zero-order chi connectivity index (χ0) is 30.1. The Morgan fingerprint density at radius 2 is 1.38 bits per heavy atom. The molecule has 0 radical (unpaired) electrons. The minimum atomic E-state index is -3.71. The summed E-state index contributed by atoms with van der Waals surface area (Å²) in [7, 11) is -3.71. The summed E-state index contributed by atoms with van der Waals surface area (Å²) < 4.78 is 26.5. The van der Waals surface area contributed by atoms with Crippen LogP contribution < -0.4 is 0 Å². The van der Waals surface area contributed by atoms with Gasteiger partial charge in [0.25, 0.3) is 0 Å². The highest BCUT2D eigenvalue weighted by molar-refractivity contribution is 7.91. The third-order valence-corrected chi connectivity index (χ3v) is 10.1. The summed E-state index contributed by atoms with van der Waals surface area (Å²) in [5, 5.41) is 21.2. The van der Waals surface area contributed by atoms with Crippen LogP contribution in [0.5, 0.6) is 5.75 Å². The molecule has 0 atom stereocenters. The minimum absolute atomic E-state index is 0.106. The molecule has 0 aliphatic carbocycles. The minimum Gasteiger partial charge on any atom is -0.505 e. The Morgan fingerprint density at radius 3 is 2.05 bits per heavy atom. The van der Waals surface area contributed by atoms with Crippen LogP contribution in [-0.4, -0.2) is 28.5 Å². The van der Waals surface area contributed by atoms with E-state index in [1.54, 1.807) is 48.5 Å². The van der Waals surface area contributed by atoms with Gasteiger partial charge in [0.1, 0.15) is 22.5 Å². The average Bonchev–Trinajstić information content (AvgIpc) is 3.41. The predicted molar refractivity (Wildman–Crippen MR) is 168 cm³/mol. The van der Waals surface area contributed by atoms with Gasteiger partial charge < -0.3 is 5.11 Å². The molecule has 1 N–H and O–H groups in total.